The molecule has 0 amide bonds. The van der Waals surface area contributed by atoms with Gasteiger partial charge in [0.25, 0.3) is 0 Å². The Balaban J connectivity index is 2.29. The Morgan fingerprint density at radius 3 is 1.40 bits per heavy atom. The van der Waals surface area contributed by atoms with E-state index in [1.165, 1.54) is 14.2 Å². The van der Waals surface area contributed by atoms with Crippen LogP contribution in [0.5, 0.6) is 0 Å². The van der Waals surface area contributed by atoms with Crippen LogP contribution in [0.4, 0.5) is 0 Å². The Labute approximate surface area is 121 Å². The molecule has 20 heavy (non-hydrogen) atoms. The molecule has 0 saturated carbocycles. The molecule has 0 bridgehead atoms. The molecule has 0 aromatic heterocycles. The van der Waals surface area contributed by atoms with Crippen molar-refractivity contribution in [2.24, 2.45) is 11.8 Å². The summed E-state index contributed by atoms with van der Waals surface area (Å²) in [6, 6.07) is 0. The molecule has 1 heterocycles. The maximum Gasteiger partial charge on any atom is 0.309 e. The monoisotopic (exact) mass is 286 g/mol. The first-order valence-electron chi connectivity index (χ1n) is 7.08. The van der Waals surface area contributed by atoms with Gasteiger partial charge in [0, 0.05) is 39.3 Å². The van der Waals surface area contributed by atoms with Crippen LogP contribution < -0.4 is 0 Å². The van der Waals surface area contributed by atoms with E-state index in [9.17, 15) is 9.59 Å². The lowest BCUT2D eigenvalue weighted by atomic mass is 10.1. The van der Waals surface area contributed by atoms with Crippen LogP contribution in [0.1, 0.15) is 13.8 Å². The number of carbonyl (C=O) groups is 2. The van der Waals surface area contributed by atoms with Gasteiger partial charge in [0.2, 0.25) is 0 Å². The van der Waals surface area contributed by atoms with Gasteiger partial charge < -0.3 is 9.47 Å². The van der Waals surface area contributed by atoms with Crippen molar-refractivity contribution in [2.45, 2.75) is 13.8 Å². The molecule has 1 rings (SSSR count). The van der Waals surface area contributed by atoms with Gasteiger partial charge in [0.15, 0.2) is 0 Å². The lowest BCUT2D eigenvalue weighted by Crippen LogP contribution is -2.49. The van der Waals surface area contributed by atoms with Crippen LogP contribution >= 0.6 is 0 Å². The normalized spacial score (nSPS) is 20.2. The van der Waals surface area contributed by atoms with E-state index in [2.05, 4.69) is 9.80 Å². The Kier molecular flexibility index (Phi) is 6.95. The van der Waals surface area contributed by atoms with Gasteiger partial charge in [-0.3, -0.25) is 19.4 Å². The molecule has 0 spiro atoms. The van der Waals surface area contributed by atoms with Crippen molar-refractivity contribution in [2.75, 3.05) is 53.5 Å². The first-order chi connectivity index (χ1) is 9.47. The molecule has 2 atom stereocenters. The lowest BCUT2D eigenvalue weighted by molar-refractivity contribution is -0.147. The number of hydrogen-bond donors (Lipinski definition) is 0. The maximum absolute atomic E-state index is 11.4. The van der Waals surface area contributed by atoms with Gasteiger partial charge >= 0.3 is 11.9 Å². The molecule has 1 aliphatic heterocycles. The zero-order valence-electron chi connectivity index (χ0n) is 12.9. The summed E-state index contributed by atoms with van der Waals surface area (Å²) in [5, 5.41) is 0. The zero-order chi connectivity index (χ0) is 15.1. The second-order valence-electron chi connectivity index (χ2n) is 5.45. The van der Waals surface area contributed by atoms with Crippen LogP contribution in [0.15, 0.2) is 0 Å². The number of ether oxygens (including phenoxy) is 2. The number of esters is 2. The Hall–Kier alpha value is -1.14. The zero-order valence-corrected chi connectivity index (χ0v) is 12.9. The molecule has 0 unspecified atom stereocenters. The van der Waals surface area contributed by atoms with Crippen molar-refractivity contribution < 1.29 is 19.1 Å². The van der Waals surface area contributed by atoms with Crippen LogP contribution in [0.3, 0.4) is 0 Å². The first kappa shape index (κ1) is 16.9. The van der Waals surface area contributed by atoms with E-state index in [-0.39, 0.29) is 23.8 Å². The van der Waals surface area contributed by atoms with E-state index in [0.29, 0.717) is 0 Å². The molecule has 0 aromatic rings. The average molecular weight is 286 g/mol. The second kappa shape index (κ2) is 8.21. The molecular weight excluding hydrogens is 260 g/mol. The second-order valence-corrected chi connectivity index (χ2v) is 5.45. The summed E-state index contributed by atoms with van der Waals surface area (Å²) in [6.45, 7) is 8.88. The van der Waals surface area contributed by atoms with Gasteiger partial charge in [-0.1, -0.05) is 13.8 Å². The molecule has 1 aliphatic rings. The first-order valence-corrected chi connectivity index (χ1v) is 7.08. The summed E-state index contributed by atoms with van der Waals surface area (Å²) >= 11 is 0. The Morgan fingerprint density at radius 1 is 0.850 bits per heavy atom. The molecule has 1 fully saturated rings. The standard InChI is InChI=1S/C14H26N2O4/c1-11(13(17)19-3)9-15-5-7-16(8-6-15)10-12(2)14(18)20-4/h11-12H,5-10H2,1-4H3/t11-,12-/m0/s1. The van der Waals surface area contributed by atoms with Gasteiger partial charge in [0.05, 0.1) is 26.1 Å². The summed E-state index contributed by atoms with van der Waals surface area (Å²) in [7, 11) is 2.84. The third kappa shape index (κ3) is 5.09. The van der Waals surface area contributed by atoms with Crippen molar-refractivity contribution >= 4 is 11.9 Å². The molecule has 1 saturated heterocycles. The Bertz CT molecular complexity index is 295. The van der Waals surface area contributed by atoms with Gasteiger partial charge in [-0.05, 0) is 0 Å². The number of piperazine rings is 1. The summed E-state index contributed by atoms with van der Waals surface area (Å²) in [4.78, 5) is 27.3. The molecule has 0 N–H and O–H groups in total. The smallest absolute Gasteiger partial charge is 0.309 e. The van der Waals surface area contributed by atoms with Crippen molar-refractivity contribution in [1.82, 2.24) is 9.80 Å². The predicted octanol–water partition coefficient (Wildman–Crippen LogP) is 0.222. The summed E-state index contributed by atoms with van der Waals surface area (Å²) in [6.07, 6.45) is 0. The quantitative estimate of drug-likeness (QED) is 0.651. The van der Waals surface area contributed by atoms with Gasteiger partial charge in [-0.2, -0.15) is 0 Å². The number of nitrogens with zero attached hydrogens (tertiary/aromatic N) is 2. The van der Waals surface area contributed by atoms with Gasteiger partial charge in [-0.15, -0.1) is 0 Å². The minimum atomic E-state index is -0.160. The van der Waals surface area contributed by atoms with Crippen molar-refractivity contribution in [3.05, 3.63) is 0 Å². The topological polar surface area (TPSA) is 59.1 Å². The fourth-order valence-electron chi connectivity index (χ4n) is 2.48. The predicted molar refractivity (Wildman–Crippen MR) is 75.2 cm³/mol. The third-order valence-electron chi connectivity index (χ3n) is 3.74. The molecular formula is C14H26N2O4. The molecule has 6 nitrogen and oxygen atoms in total. The highest BCUT2D eigenvalue weighted by Crippen LogP contribution is 2.09. The molecule has 116 valence electrons. The van der Waals surface area contributed by atoms with Crippen LogP contribution in [0.2, 0.25) is 0 Å². The minimum Gasteiger partial charge on any atom is -0.469 e. The van der Waals surface area contributed by atoms with Crippen molar-refractivity contribution in [3.63, 3.8) is 0 Å². The summed E-state index contributed by atoms with van der Waals surface area (Å²) in [5.41, 5.74) is 0. The van der Waals surface area contributed by atoms with Gasteiger partial charge in [0.1, 0.15) is 0 Å². The fraction of sp³-hybridized carbons (Fsp3) is 0.857. The van der Waals surface area contributed by atoms with Crippen LogP contribution in [-0.2, 0) is 19.1 Å². The van der Waals surface area contributed by atoms with E-state index < -0.39 is 0 Å². The van der Waals surface area contributed by atoms with Crippen LogP contribution in [0.25, 0.3) is 0 Å². The number of carbonyl (C=O) groups excluding carboxylic acids is 2. The van der Waals surface area contributed by atoms with Gasteiger partial charge in [-0.25, -0.2) is 0 Å². The van der Waals surface area contributed by atoms with Crippen molar-refractivity contribution in [3.8, 4) is 0 Å². The van der Waals surface area contributed by atoms with E-state index >= 15 is 0 Å². The van der Waals surface area contributed by atoms with E-state index in [1.807, 2.05) is 13.8 Å². The number of rotatable bonds is 6. The fourth-order valence-corrected chi connectivity index (χ4v) is 2.48. The highest BCUT2D eigenvalue weighted by atomic mass is 16.5. The minimum absolute atomic E-state index is 0.0967. The number of hydrogen-bond acceptors (Lipinski definition) is 6. The number of methoxy groups -OCH3 is 2. The summed E-state index contributed by atoms with van der Waals surface area (Å²) < 4.78 is 9.48. The average Bonchev–Trinajstić information content (AvgIpc) is 2.47. The summed E-state index contributed by atoms with van der Waals surface area (Å²) in [5.74, 6) is -0.514. The van der Waals surface area contributed by atoms with Crippen LogP contribution in [-0.4, -0.2) is 75.2 Å². The van der Waals surface area contributed by atoms with E-state index in [4.69, 9.17) is 9.47 Å². The molecule has 0 radical (unpaired) electrons. The third-order valence-corrected chi connectivity index (χ3v) is 3.74. The van der Waals surface area contributed by atoms with Crippen molar-refractivity contribution in [1.29, 1.82) is 0 Å². The molecule has 6 heteroatoms. The molecule has 0 aromatic carbocycles. The van der Waals surface area contributed by atoms with E-state index in [0.717, 1.165) is 39.3 Å². The SMILES string of the molecule is COC(=O)[C@@H](C)CN1CCN(C[C@H](C)C(=O)OC)CC1. The Morgan fingerprint density at radius 2 is 1.15 bits per heavy atom. The maximum atomic E-state index is 11.4. The highest BCUT2D eigenvalue weighted by Gasteiger charge is 2.24. The highest BCUT2D eigenvalue weighted by molar-refractivity contribution is 5.72. The lowest BCUT2D eigenvalue weighted by Gasteiger charge is -2.36. The van der Waals surface area contributed by atoms with Crippen LogP contribution in [0, 0.1) is 11.8 Å². The largest absolute Gasteiger partial charge is 0.469 e. The van der Waals surface area contributed by atoms with E-state index in [1.54, 1.807) is 0 Å². The molecule has 0 aliphatic carbocycles.